The van der Waals surface area contributed by atoms with E-state index in [0.717, 1.165) is 24.3 Å². The van der Waals surface area contributed by atoms with E-state index in [1.54, 1.807) is 43.5 Å². The van der Waals surface area contributed by atoms with Gasteiger partial charge in [-0.25, -0.2) is 0 Å². The Morgan fingerprint density at radius 2 is 1.89 bits per heavy atom. The summed E-state index contributed by atoms with van der Waals surface area (Å²) in [5.74, 6) is 0.350. The van der Waals surface area contributed by atoms with Crippen LogP contribution in [0.1, 0.15) is 15.9 Å². The van der Waals surface area contributed by atoms with Gasteiger partial charge in [0.2, 0.25) is 5.91 Å². The maximum absolute atomic E-state index is 12.4. The van der Waals surface area contributed by atoms with Gasteiger partial charge in [-0.1, -0.05) is 6.07 Å². The lowest BCUT2D eigenvalue weighted by Crippen LogP contribution is -2.41. The minimum absolute atomic E-state index is 0.0573. The van der Waals surface area contributed by atoms with Crippen LogP contribution in [-0.2, 0) is 9.53 Å². The van der Waals surface area contributed by atoms with Crippen LogP contribution in [-0.4, -0.2) is 56.7 Å². The Morgan fingerprint density at radius 1 is 1.11 bits per heavy atom. The number of nitrogens with zero attached hydrogens (tertiary/aromatic N) is 1. The summed E-state index contributed by atoms with van der Waals surface area (Å²) in [5, 5.41) is 5.80. The van der Waals surface area contributed by atoms with Crippen LogP contribution in [0.15, 0.2) is 42.5 Å². The number of morpholine rings is 1. The largest absolute Gasteiger partial charge is 0.497 e. The zero-order valence-electron chi connectivity index (χ0n) is 16.2. The third-order valence-electron chi connectivity index (χ3n) is 4.56. The van der Waals surface area contributed by atoms with Crippen molar-refractivity contribution >= 4 is 23.2 Å². The summed E-state index contributed by atoms with van der Waals surface area (Å²) < 4.78 is 10.4. The molecule has 0 unspecified atom stereocenters. The number of hydrogen-bond donors (Lipinski definition) is 2. The summed E-state index contributed by atoms with van der Waals surface area (Å²) in [6, 6.07) is 12.4. The fourth-order valence-electron chi connectivity index (χ4n) is 3.00. The minimum Gasteiger partial charge on any atom is -0.497 e. The van der Waals surface area contributed by atoms with E-state index in [1.807, 2.05) is 13.0 Å². The quantitative estimate of drug-likeness (QED) is 0.801. The molecule has 0 radical (unpaired) electrons. The number of carbonyl (C=O) groups excluding carboxylic acids is 2. The van der Waals surface area contributed by atoms with Gasteiger partial charge in [0.25, 0.3) is 5.91 Å². The second kappa shape index (κ2) is 9.34. The summed E-state index contributed by atoms with van der Waals surface area (Å²) in [6.45, 7) is 5.09. The molecule has 0 saturated carbocycles. The topological polar surface area (TPSA) is 79.9 Å². The predicted octanol–water partition coefficient (Wildman–Crippen LogP) is 2.53. The molecule has 28 heavy (non-hydrogen) atoms. The Hall–Kier alpha value is -2.90. The van der Waals surface area contributed by atoms with Crippen LogP contribution in [0, 0.1) is 6.92 Å². The Labute approximate surface area is 164 Å². The standard InChI is InChI=1S/C21H25N3O4/c1-15-12-17(22-21(26)16-4-3-5-18(13-16)27-2)6-7-19(15)23-20(25)14-24-8-10-28-11-9-24/h3-7,12-13H,8-11,14H2,1-2H3,(H,22,26)(H,23,25). The lowest BCUT2D eigenvalue weighted by molar-refractivity contribution is -0.118. The van der Waals surface area contributed by atoms with E-state index in [4.69, 9.17) is 9.47 Å². The third kappa shape index (κ3) is 5.31. The summed E-state index contributed by atoms with van der Waals surface area (Å²) in [4.78, 5) is 26.8. The first-order valence-electron chi connectivity index (χ1n) is 9.21. The van der Waals surface area contributed by atoms with E-state index < -0.39 is 0 Å². The van der Waals surface area contributed by atoms with E-state index in [2.05, 4.69) is 15.5 Å². The van der Waals surface area contributed by atoms with Crippen molar-refractivity contribution in [1.82, 2.24) is 4.90 Å². The highest BCUT2D eigenvalue weighted by molar-refractivity contribution is 6.04. The molecule has 0 atom stereocenters. The first kappa shape index (κ1) is 19.9. The Bertz CT molecular complexity index is 847. The zero-order valence-corrected chi connectivity index (χ0v) is 16.2. The van der Waals surface area contributed by atoms with Crippen LogP contribution in [0.2, 0.25) is 0 Å². The second-order valence-electron chi connectivity index (χ2n) is 6.65. The van der Waals surface area contributed by atoms with E-state index in [9.17, 15) is 9.59 Å². The number of anilines is 2. The minimum atomic E-state index is -0.220. The fourth-order valence-corrected chi connectivity index (χ4v) is 3.00. The number of aryl methyl sites for hydroxylation is 1. The molecular formula is C21H25N3O4. The van der Waals surface area contributed by atoms with Crippen LogP contribution >= 0.6 is 0 Å². The molecule has 2 aromatic rings. The van der Waals surface area contributed by atoms with E-state index in [-0.39, 0.29) is 11.8 Å². The SMILES string of the molecule is COc1cccc(C(=O)Nc2ccc(NC(=O)CN3CCOCC3)c(C)c2)c1. The molecule has 1 fully saturated rings. The molecule has 0 bridgehead atoms. The van der Waals surface area contributed by atoms with Crippen LogP contribution in [0.5, 0.6) is 5.75 Å². The van der Waals surface area contributed by atoms with Gasteiger partial charge in [-0.3, -0.25) is 14.5 Å². The van der Waals surface area contributed by atoms with Gasteiger partial charge in [-0.2, -0.15) is 0 Å². The summed E-state index contributed by atoms with van der Waals surface area (Å²) >= 11 is 0. The maximum Gasteiger partial charge on any atom is 0.255 e. The Kier molecular flexibility index (Phi) is 6.62. The molecule has 2 amide bonds. The molecule has 0 aliphatic carbocycles. The summed E-state index contributed by atoms with van der Waals surface area (Å²) in [6.07, 6.45) is 0. The van der Waals surface area contributed by atoms with Gasteiger partial charge in [0, 0.05) is 30.0 Å². The second-order valence-corrected chi connectivity index (χ2v) is 6.65. The number of methoxy groups -OCH3 is 1. The van der Waals surface area contributed by atoms with Gasteiger partial charge in [0.05, 0.1) is 26.9 Å². The monoisotopic (exact) mass is 383 g/mol. The molecule has 7 nitrogen and oxygen atoms in total. The van der Waals surface area contributed by atoms with Crippen molar-refractivity contribution in [2.24, 2.45) is 0 Å². The predicted molar refractivity (Wildman–Crippen MR) is 108 cm³/mol. The third-order valence-corrected chi connectivity index (χ3v) is 4.56. The summed E-state index contributed by atoms with van der Waals surface area (Å²) in [7, 11) is 1.56. The smallest absolute Gasteiger partial charge is 0.255 e. The van der Waals surface area contributed by atoms with E-state index >= 15 is 0 Å². The van der Waals surface area contributed by atoms with Crippen molar-refractivity contribution in [2.45, 2.75) is 6.92 Å². The van der Waals surface area contributed by atoms with Gasteiger partial charge in [-0.15, -0.1) is 0 Å². The van der Waals surface area contributed by atoms with Crippen molar-refractivity contribution in [3.8, 4) is 5.75 Å². The Morgan fingerprint density at radius 3 is 2.61 bits per heavy atom. The lowest BCUT2D eigenvalue weighted by Gasteiger charge is -2.25. The van der Waals surface area contributed by atoms with Crippen LogP contribution in [0.25, 0.3) is 0 Å². The van der Waals surface area contributed by atoms with Gasteiger partial charge in [0.1, 0.15) is 5.75 Å². The molecule has 1 heterocycles. The average Bonchev–Trinajstić information content (AvgIpc) is 2.71. The molecule has 1 saturated heterocycles. The number of amides is 2. The van der Waals surface area contributed by atoms with E-state index in [1.165, 1.54) is 0 Å². The maximum atomic E-state index is 12.4. The summed E-state index contributed by atoms with van der Waals surface area (Å²) in [5.41, 5.74) is 2.79. The lowest BCUT2D eigenvalue weighted by atomic mass is 10.1. The average molecular weight is 383 g/mol. The van der Waals surface area contributed by atoms with Crippen LogP contribution in [0.4, 0.5) is 11.4 Å². The highest BCUT2D eigenvalue weighted by atomic mass is 16.5. The number of nitrogens with one attached hydrogen (secondary N) is 2. The molecule has 3 rings (SSSR count). The van der Waals surface area contributed by atoms with Crippen molar-refractivity contribution in [3.05, 3.63) is 53.6 Å². The molecule has 0 aromatic heterocycles. The van der Waals surface area contributed by atoms with Gasteiger partial charge in [0.15, 0.2) is 0 Å². The zero-order chi connectivity index (χ0) is 19.9. The van der Waals surface area contributed by atoms with Crippen molar-refractivity contribution in [1.29, 1.82) is 0 Å². The molecule has 1 aliphatic rings. The van der Waals surface area contributed by atoms with E-state index in [0.29, 0.717) is 36.8 Å². The molecule has 2 N–H and O–H groups in total. The Balaban J connectivity index is 1.60. The molecule has 7 heteroatoms. The number of hydrogen-bond acceptors (Lipinski definition) is 5. The number of ether oxygens (including phenoxy) is 2. The van der Waals surface area contributed by atoms with Gasteiger partial charge < -0.3 is 20.1 Å². The van der Waals surface area contributed by atoms with Crippen LogP contribution < -0.4 is 15.4 Å². The normalized spacial score (nSPS) is 14.4. The molecule has 0 spiro atoms. The molecule has 1 aliphatic heterocycles. The number of rotatable bonds is 6. The van der Waals surface area contributed by atoms with Gasteiger partial charge in [-0.05, 0) is 48.9 Å². The van der Waals surface area contributed by atoms with Crippen LogP contribution in [0.3, 0.4) is 0 Å². The van der Waals surface area contributed by atoms with Crippen molar-refractivity contribution in [3.63, 3.8) is 0 Å². The van der Waals surface area contributed by atoms with Crippen molar-refractivity contribution in [2.75, 3.05) is 50.6 Å². The highest BCUT2D eigenvalue weighted by Crippen LogP contribution is 2.21. The highest BCUT2D eigenvalue weighted by Gasteiger charge is 2.15. The molecular weight excluding hydrogens is 358 g/mol. The molecule has 2 aromatic carbocycles. The molecule has 148 valence electrons. The van der Waals surface area contributed by atoms with Gasteiger partial charge >= 0.3 is 0 Å². The number of carbonyl (C=O) groups is 2. The fraction of sp³-hybridized carbons (Fsp3) is 0.333. The van der Waals surface area contributed by atoms with Crippen molar-refractivity contribution < 1.29 is 19.1 Å². The first-order chi connectivity index (χ1) is 13.5. The number of benzene rings is 2. The first-order valence-corrected chi connectivity index (χ1v) is 9.21.